The van der Waals surface area contributed by atoms with Crippen LogP contribution in [0.4, 0.5) is 0 Å². The average Bonchev–Trinajstić information content (AvgIpc) is 2.87. The van der Waals surface area contributed by atoms with Gasteiger partial charge in [-0.2, -0.15) is 0 Å². The molecule has 2 nitrogen and oxygen atoms in total. The molecular formula is C20H19ClO2. The lowest BCUT2D eigenvalue weighted by Gasteiger charge is -2.31. The maximum atomic E-state index is 12.0. The molecule has 0 radical (unpaired) electrons. The Balaban J connectivity index is 2.14. The summed E-state index contributed by atoms with van der Waals surface area (Å²) < 4.78 is 6.29. The first-order valence-corrected chi connectivity index (χ1v) is 8.03. The van der Waals surface area contributed by atoms with Crippen LogP contribution in [0.3, 0.4) is 0 Å². The van der Waals surface area contributed by atoms with E-state index in [1.54, 1.807) is 6.92 Å². The van der Waals surface area contributed by atoms with Crippen LogP contribution >= 0.6 is 11.6 Å². The minimum absolute atomic E-state index is 0.0606. The van der Waals surface area contributed by atoms with E-state index in [0.29, 0.717) is 17.2 Å². The fourth-order valence-corrected chi connectivity index (χ4v) is 3.26. The molecule has 23 heavy (non-hydrogen) atoms. The standard InChI is InChI=1S/C20H19ClO2/c1-13-4-6-16(7-5-13)20(17-8-10-18(21)11-9-17)12-19(14(2)22)15(3)23-20/h4-11H,12H2,1-3H3. The Hall–Kier alpha value is -2.06. The predicted octanol–water partition coefficient (Wildman–Crippen LogP) is 5.18. The summed E-state index contributed by atoms with van der Waals surface area (Å²) in [4.78, 5) is 12.0. The highest BCUT2D eigenvalue weighted by Gasteiger charge is 2.43. The topological polar surface area (TPSA) is 26.3 Å². The fraction of sp³-hybridized carbons (Fsp3) is 0.250. The number of halogens is 1. The Morgan fingerprint density at radius 2 is 1.52 bits per heavy atom. The summed E-state index contributed by atoms with van der Waals surface area (Å²) in [5.74, 6) is 0.762. The van der Waals surface area contributed by atoms with Gasteiger partial charge in [-0.1, -0.05) is 53.6 Å². The second kappa shape index (κ2) is 5.86. The minimum atomic E-state index is -0.663. The number of allylic oxidation sites excluding steroid dienone is 1. The quantitative estimate of drug-likeness (QED) is 0.777. The van der Waals surface area contributed by atoms with Crippen molar-refractivity contribution in [2.45, 2.75) is 32.8 Å². The SMILES string of the molecule is CC(=O)C1=C(C)OC(c2ccc(C)cc2)(c2ccc(Cl)cc2)C1. The maximum Gasteiger partial charge on any atom is 0.163 e. The van der Waals surface area contributed by atoms with Gasteiger partial charge in [0.25, 0.3) is 0 Å². The number of ketones is 1. The zero-order chi connectivity index (χ0) is 16.6. The van der Waals surface area contributed by atoms with Crippen molar-refractivity contribution in [3.05, 3.63) is 81.6 Å². The van der Waals surface area contributed by atoms with Crippen molar-refractivity contribution in [3.63, 3.8) is 0 Å². The molecule has 1 atom stereocenters. The number of carbonyl (C=O) groups is 1. The number of hydrogen-bond acceptors (Lipinski definition) is 2. The lowest BCUT2D eigenvalue weighted by molar-refractivity contribution is -0.113. The Morgan fingerprint density at radius 1 is 1.00 bits per heavy atom. The van der Waals surface area contributed by atoms with E-state index >= 15 is 0 Å². The summed E-state index contributed by atoms with van der Waals surface area (Å²) >= 11 is 6.03. The summed E-state index contributed by atoms with van der Waals surface area (Å²) in [7, 11) is 0. The van der Waals surface area contributed by atoms with Gasteiger partial charge in [0.05, 0.1) is 0 Å². The predicted molar refractivity (Wildman–Crippen MR) is 92.5 cm³/mol. The van der Waals surface area contributed by atoms with Gasteiger partial charge in [-0.3, -0.25) is 4.79 Å². The van der Waals surface area contributed by atoms with Gasteiger partial charge < -0.3 is 4.74 Å². The largest absolute Gasteiger partial charge is 0.482 e. The molecular weight excluding hydrogens is 308 g/mol. The fourth-order valence-electron chi connectivity index (χ4n) is 3.14. The van der Waals surface area contributed by atoms with Gasteiger partial charge in [0.15, 0.2) is 11.4 Å². The van der Waals surface area contributed by atoms with Gasteiger partial charge in [0.2, 0.25) is 0 Å². The van der Waals surface area contributed by atoms with Crippen molar-refractivity contribution in [1.82, 2.24) is 0 Å². The van der Waals surface area contributed by atoms with E-state index in [1.807, 2.05) is 31.2 Å². The van der Waals surface area contributed by atoms with Gasteiger partial charge in [-0.05, 0) is 32.9 Å². The highest BCUT2D eigenvalue weighted by molar-refractivity contribution is 6.30. The van der Waals surface area contributed by atoms with Gasteiger partial charge in [-0.25, -0.2) is 0 Å². The summed E-state index contributed by atoms with van der Waals surface area (Å²) in [5, 5.41) is 0.683. The molecule has 0 N–H and O–H groups in total. The van der Waals surface area contributed by atoms with E-state index in [4.69, 9.17) is 16.3 Å². The highest BCUT2D eigenvalue weighted by atomic mass is 35.5. The van der Waals surface area contributed by atoms with Crippen LogP contribution in [-0.2, 0) is 15.1 Å². The molecule has 0 fully saturated rings. The van der Waals surface area contributed by atoms with Crippen LogP contribution in [0.5, 0.6) is 0 Å². The molecule has 1 heterocycles. The molecule has 1 aliphatic rings. The van der Waals surface area contributed by atoms with Crippen molar-refractivity contribution < 1.29 is 9.53 Å². The Morgan fingerprint density at radius 3 is 2.00 bits per heavy atom. The average molecular weight is 327 g/mol. The molecule has 2 aromatic rings. The molecule has 3 heteroatoms. The van der Waals surface area contributed by atoms with Crippen LogP contribution in [-0.4, -0.2) is 5.78 Å². The molecule has 118 valence electrons. The van der Waals surface area contributed by atoms with E-state index in [-0.39, 0.29) is 5.78 Å². The summed E-state index contributed by atoms with van der Waals surface area (Å²) in [6.07, 6.45) is 0.541. The molecule has 0 aromatic heterocycles. The number of rotatable bonds is 3. The molecule has 0 spiro atoms. The van der Waals surface area contributed by atoms with E-state index in [9.17, 15) is 4.79 Å². The van der Waals surface area contributed by atoms with Crippen molar-refractivity contribution in [1.29, 1.82) is 0 Å². The molecule has 3 rings (SSSR count). The van der Waals surface area contributed by atoms with E-state index in [1.165, 1.54) is 5.56 Å². The van der Waals surface area contributed by atoms with Gasteiger partial charge in [0.1, 0.15) is 5.76 Å². The van der Waals surface area contributed by atoms with Crippen molar-refractivity contribution in [2.75, 3.05) is 0 Å². The summed E-state index contributed by atoms with van der Waals surface area (Å²) in [6.45, 7) is 5.51. The van der Waals surface area contributed by atoms with E-state index in [2.05, 4.69) is 31.2 Å². The lowest BCUT2D eigenvalue weighted by atomic mass is 9.81. The molecule has 0 saturated heterocycles. The van der Waals surface area contributed by atoms with Crippen molar-refractivity contribution >= 4 is 17.4 Å². The lowest BCUT2D eigenvalue weighted by Crippen LogP contribution is -2.27. The van der Waals surface area contributed by atoms with Crippen LogP contribution in [0, 0.1) is 6.92 Å². The monoisotopic (exact) mass is 326 g/mol. The van der Waals surface area contributed by atoms with E-state index < -0.39 is 5.60 Å². The number of ether oxygens (including phenoxy) is 1. The third-order valence-corrected chi connectivity index (χ3v) is 4.68. The second-order valence-corrected chi connectivity index (χ2v) is 6.51. The summed E-state index contributed by atoms with van der Waals surface area (Å²) in [6, 6.07) is 15.9. The minimum Gasteiger partial charge on any atom is -0.482 e. The molecule has 0 bridgehead atoms. The highest BCUT2D eigenvalue weighted by Crippen LogP contribution is 2.47. The van der Waals surface area contributed by atoms with Crippen molar-refractivity contribution in [3.8, 4) is 0 Å². The van der Waals surface area contributed by atoms with Gasteiger partial charge in [-0.15, -0.1) is 0 Å². The van der Waals surface area contributed by atoms with Crippen molar-refractivity contribution in [2.24, 2.45) is 0 Å². The number of hydrogen-bond donors (Lipinski definition) is 0. The maximum absolute atomic E-state index is 12.0. The molecule has 0 aliphatic carbocycles. The zero-order valence-corrected chi connectivity index (χ0v) is 14.3. The molecule has 1 aliphatic heterocycles. The number of aryl methyl sites for hydroxylation is 1. The smallest absolute Gasteiger partial charge is 0.163 e. The third kappa shape index (κ3) is 2.79. The Labute approximate surface area is 141 Å². The number of carbonyl (C=O) groups excluding carboxylic acids is 1. The molecule has 1 unspecified atom stereocenters. The van der Waals surface area contributed by atoms with Gasteiger partial charge in [0, 0.05) is 28.1 Å². The normalized spacial score (nSPS) is 20.5. The first kappa shape index (κ1) is 15.8. The third-order valence-electron chi connectivity index (χ3n) is 4.43. The van der Waals surface area contributed by atoms with Crippen LogP contribution < -0.4 is 0 Å². The zero-order valence-electron chi connectivity index (χ0n) is 13.5. The van der Waals surface area contributed by atoms with Crippen LogP contribution in [0.25, 0.3) is 0 Å². The van der Waals surface area contributed by atoms with Crippen LogP contribution in [0.1, 0.15) is 37.0 Å². The molecule has 2 aromatic carbocycles. The number of Topliss-reactive ketones (excluding diaryl/α,β-unsaturated/α-hetero) is 1. The number of benzene rings is 2. The molecule has 0 saturated carbocycles. The van der Waals surface area contributed by atoms with E-state index in [0.717, 1.165) is 16.7 Å². The molecule has 0 amide bonds. The van der Waals surface area contributed by atoms with Crippen LogP contribution in [0.15, 0.2) is 59.9 Å². The first-order chi connectivity index (χ1) is 10.9. The van der Waals surface area contributed by atoms with Gasteiger partial charge >= 0.3 is 0 Å². The Kier molecular flexibility index (Phi) is 4.03. The van der Waals surface area contributed by atoms with Crippen LogP contribution in [0.2, 0.25) is 5.02 Å². The Bertz CT molecular complexity index is 725. The second-order valence-electron chi connectivity index (χ2n) is 6.07. The first-order valence-electron chi connectivity index (χ1n) is 7.65. The summed E-state index contributed by atoms with van der Waals surface area (Å²) in [5.41, 5.74) is 3.32.